The Bertz CT molecular complexity index is 517. The third kappa shape index (κ3) is 5.03. The molecule has 7 heteroatoms. The van der Waals surface area contributed by atoms with Crippen LogP contribution in [0, 0.1) is 16.0 Å². The maximum absolute atomic E-state index is 12.1. The SMILES string of the molecule is COc1ccc([N+](=O)[O-])cc1NC(=O)[C@H](C)NCC(C)C. The van der Waals surface area contributed by atoms with Crippen molar-refractivity contribution < 1.29 is 14.5 Å². The average molecular weight is 295 g/mol. The number of nitrogens with one attached hydrogen (secondary N) is 2. The van der Waals surface area contributed by atoms with Crippen LogP contribution < -0.4 is 15.4 Å². The molecular formula is C14H21N3O4. The first kappa shape index (κ1) is 16.9. The number of anilines is 1. The highest BCUT2D eigenvalue weighted by atomic mass is 16.6. The fourth-order valence-electron chi connectivity index (χ4n) is 1.65. The molecule has 0 heterocycles. The van der Waals surface area contributed by atoms with Gasteiger partial charge in [-0.15, -0.1) is 0 Å². The predicted octanol–water partition coefficient (Wildman–Crippen LogP) is 2.18. The van der Waals surface area contributed by atoms with E-state index < -0.39 is 11.0 Å². The van der Waals surface area contributed by atoms with Gasteiger partial charge in [-0.05, 0) is 25.5 Å². The van der Waals surface area contributed by atoms with E-state index in [1.165, 1.54) is 25.3 Å². The van der Waals surface area contributed by atoms with Crippen LogP contribution in [0.2, 0.25) is 0 Å². The first-order valence-corrected chi connectivity index (χ1v) is 6.71. The number of carbonyl (C=O) groups excluding carboxylic acids is 1. The first-order chi connectivity index (χ1) is 9.85. The number of ether oxygens (including phenoxy) is 1. The van der Waals surface area contributed by atoms with Crippen molar-refractivity contribution in [3.05, 3.63) is 28.3 Å². The molecule has 1 atom stereocenters. The minimum atomic E-state index is -0.518. The van der Waals surface area contributed by atoms with Gasteiger partial charge in [0.2, 0.25) is 5.91 Å². The quantitative estimate of drug-likeness (QED) is 0.594. The van der Waals surface area contributed by atoms with Crippen LogP contribution in [0.3, 0.4) is 0 Å². The maximum Gasteiger partial charge on any atom is 0.271 e. The van der Waals surface area contributed by atoms with Crippen LogP contribution in [0.1, 0.15) is 20.8 Å². The van der Waals surface area contributed by atoms with Crippen molar-refractivity contribution in [2.45, 2.75) is 26.8 Å². The Morgan fingerprint density at radius 2 is 2.05 bits per heavy atom. The van der Waals surface area contributed by atoms with E-state index in [2.05, 4.69) is 10.6 Å². The Labute approximate surface area is 123 Å². The fourth-order valence-corrected chi connectivity index (χ4v) is 1.65. The van der Waals surface area contributed by atoms with Crippen LogP contribution in [0.15, 0.2) is 18.2 Å². The molecule has 0 aliphatic heterocycles. The van der Waals surface area contributed by atoms with E-state index >= 15 is 0 Å². The predicted molar refractivity (Wildman–Crippen MR) is 80.6 cm³/mol. The van der Waals surface area contributed by atoms with Gasteiger partial charge in [0.25, 0.3) is 5.69 Å². The Hall–Kier alpha value is -2.15. The van der Waals surface area contributed by atoms with Crippen LogP contribution in [-0.2, 0) is 4.79 Å². The molecule has 0 aliphatic rings. The molecular weight excluding hydrogens is 274 g/mol. The van der Waals surface area contributed by atoms with Gasteiger partial charge in [-0.3, -0.25) is 14.9 Å². The number of methoxy groups -OCH3 is 1. The van der Waals surface area contributed by atoms with Gasteiger partial charge >= 0.3 is 0 Å². The van der Waals surface area contributed by atoms with Crippen LogP contribution in [-0.4, -0.2) is 30.5 Å². The minimum Gasteiger partial charge on any atom is -0.495 e. The molecule has 0 unspecified atom stereocenters. The van der Waals surface area contributed by atoms with Crippen molar-refractivity contribution in [2.75, 3.05) is 19.0 Å². The number of rotatable bonds is 7. The summed E-state index contributed by atoms with van der Waals surface area (Å²) < 4.78 is 5.10. The van der Waals surface area contributed by atoms with Gasteiger partial charge in [-0.25, -0.2) is 0 Å². The number of non-ortho nitro benzene ring substituents is 1. The summed E-state index contributed by atoms with van der Waals surface area (Å²) in [5.74, 6) is 0.534. The molecule has 0 bridgehead atoms. The molecule has 2 N–H and O–H groups in total. The van der Waals surface area contributed by atoms with Gasteiger partial charge in [-0.2, -0.15) is 0 Å². The van der Waals surface area contributed by atoms with E-state index in [-0.39, 0.29) is 17.3 Å². The summed E-state index contributed by atoms with van der Waals surface area (Å²) >= 11 is 0. The monoisotopic (exact) mass is 295 g/mol. The Kier molecular flexibility index (Phi) is 6.10. The molecule has 0 aromatic heterocycles. The normalized spacial score (nSPS) is 12.0. The van der Waals surface area contributed by atoms with Gasteiger partial charge in [0.15, 0.2) is 0 Å². The van der Waals surface area contributed by atoms with E-state index in [0.29, 0.717) is 18.2 Å². The van der Waals surface area contributed by atoms with Gasteiger partial charge < -0.3 is 15.4 Å². The molecule has 1 aromatic rings. The third-order valence-corrected chi connectivity index (χ3v) is 2.88. The Morgan fingerprint density at radius 1 is 1.38 bits per heavy atom. The average Bonchev–Trinajstić information content (AvgIpc) is 2.44. The Balaban J connectivity index is 2.82. The lowest BCUT2D eigenvalue weighted by Gasteiger charge is -2.16. The molecule has 0 spiro atoms. The van der Waals surface area contributed by atoms with E-state index in [1.54, 1.807) is 6.92 Å². The second kappa shape index (κ2) is 7.58. The van der Waals surface area contributed by atoms with Crippen molar-refractivity contribution in [1.29, 1.82) is 0 Å². The molecule has 116 valence electrons. The van der Waals surface area contributed by atoms with E-state index in [1.807, 2.05) is 13.8 Å². The van der Waals surface area contributed by atoms with Crippen LogP contribution in [0.25, 0.3) is 0 Å². The molecule has 7 nitrogen and oxygen atoms in total. The first-order valence-electron chi connectivity index (χ1n) is 6.71. The molecule has 1 amide bonds. The zero-order valence-electron chi connectivity index (χ0n) is 12.7. The minimum absolute atomic E-state index is 0.103. The van der Waals surface area contributed by atoms with Gasteiger partial charge in [-0.1, -0.05) is 13.8 Å². The van der Waals surface area contributed by atoms with Crippen LogP contribution >= 0.6 is 0 Å². The van der Waals surface area contributed by atoms with Crippen molar-refractivity contribution >= 4 is 17.3 Å². The van der Waals surface area contributed by atoms with E-state index in [9.17, 15) is 14.9 Å². The number of nitro benzene ring substituents is 1. The lowest BCUT2D eigenvalue weighted by atomic mass is 10.2. The van der Waals surface area contributed by atoms with Gasteiger partial charge in [0.05, 0.1) is 23.8 Å². The summed E-state index contributed by atoms with van der Waals surface area (Å²) in [5.41, 5.74) is 0.184. The number of amides is 1. The molecule has 21 heavy (non-hydrogen) atoms. The van der Waals surface area contributed by atoms with Gasteiger partial charge in [0.1, 0.15) is 5.75 Å². The number of hydrogen-bond donors (Lipinski definition) is 2. The highest BCUT2D eigenvalue weighted by Gasteiger charge is 2.17. The number of nitrogens with zero attached hydrogens (tertiary/aromatic N) is 1. The standard InChI is InChI=1S/C14H21N3O4/c1-9(2)8-15-10(3)14(18)16-12-7-11(17(19)20)5-6-13(12)21-4/h5-7,9-10,15H,8H2,1-4H3,(H,16,18)/t10-/m0/s1. The van der Waals surface area contributed by atoms with Crippen molar-refractivity contribution in [1.82, 2.24) is 5.32 Å². The summed E-state index contributed by atoms with van der Waals surface area (Å²) in [6, 6.07) is 3.66. The number of carbonyl (C=O) groups is 1. The Morgan fingerprint density at radius 3 is 2.57 bits per heavy atom. The second-order valence-electron chi connectivity index (χ2n) is 5.15. The maximum atomic E-state index is 12.1. The smallest absolute Gasteiger partial charge is 0.271 e. The molecule has 0 aliphatic carbocycles. The molecule has 0 radical (unpaired) electrons. The summed E-state index contributed by atoms with van der Waals surface area (Å²) in [6.07, 6.45) is 0. The fraction of sp³-hybridized carbons (Fsp3) is 0.500. The molecule has 0 saturated carbocycles. The van der Waals surface area contributed by atoms with Crippen molar-refractivity contribution in [3.63, 3.8) is 0 Å². The molecule has 1 aromatic carbocycles. The zero-order chi connectivity index (χ0) is 16.0. The number of hydrogen-bond acceptors (Lipinski definition) is 5. The van der Waals surface area contributed by atoms with E-state index in [0.717, 1.165) is 0 Å². The molecule has 1 rings (SSSR count). The largest absolute Gasteiger partial charge is 0.495 e. The van der Waals surface area contributed by atoms with Crippen molar-refractivity contribution in [3.8, 4) is 5.75 Å². The lowest BCUT2D eigenvalue weighted by molar-refractivity contribution is -0.384. The zero-order valence-corrected chi connectivity index (χ0v) is 12.7. The number of nitro groups is 1. The lowest BCUT2D eigenvalue weighted by Crippen LogP contribution is -2.39. The van der Waals surface area contributed by atoms with Crippen LogP contribution in [0.4, 0.5) is 11.4 Å². The summed E-state index contributed by atoms with van der Waals surface area (Å²) in [5, 5.41) is 16.5. The number of benzene rings is 1. The summed E-state index contributed by atoms with van der Waals surface area (Å²) in [7, 11) is 1.44. The molecule has 0 saturated heterocycles. The van der Waals surface area contributed by atoms with Crippen molar-refractivity contribution in [2.24, 2.45) is 5.92 Å². The molecule has 0 fully saturated rings. The third-order valence-electron chi connectivity index (χ3n) is 2.88. The van der Waals surface area contributed by atoms with Gasteiger partial charge in [0, 0.05) is 12.1 Å². The summed E-state index contributed by atoms with van der Waals surface area (Å²) in [4.78, 5) is 22.3. The topological polar surface area (TPSA) is 93.5 Å². The second-order valence-corrected chi connectivity index (χ2v) is 5.15. The highest BCUT2D eigenvalue weighted by molar-refractivity contribution is 5.96. The van der Waals surface area contributed by atoms with Crippen LogP contribution in [0.5, 0.6) is 5.75 Å². The van der Waals surface area contributed by atoms with E-state index in [4.69, 9.17) is 4.74 Å². The highest BCUT2D eigenvalue weighted by Crippen LogP contribution is 2.28. The summed E-state index contributed by atoms with van der Waals surface area (Å²) in [6.45, 7) is 6.53.